The van der Waals surface area contributed by atoms with Crippen molar-refractivity contribution in [1.29, 1.82) is 0 Å². The van der Waals surface area contributed by atoms with Crippen molar-refractivity contribution in [2.24, 2.45) is 0 Å². The van der Waals surface area contributed by atoms with Crippen molar-refractivity contribution in [1.82, 2.24) is 19.3 Å². The minimum Gasteiger partial charge on any atom is -0.505 e. The highest BCUT2D eigenvalue weighted by Gasteiger charge is 2.20. The summed E-state index contributed by atoms with van der Waals surface area (Å²) in [5, 5.41) is 15.2. The van der Waals surface area contributed by atoms with Crippen LogP contribution in [0.4, 0.5) is 0 Å². The molecule has 1 aromatic carbocycles. The highest BCUT2D eigenvalue weighted by Crippen LogP contribution is 2.29. The van der Waals surface area contributed by atoms with Crippen LogP contribution in [0.5, 0.6) is 5.75 Å². The average molecular weight is 318 g/mol. The number of aromatic nitrogens is 4. The normalized spacial score (nSPS) is 11.0. The Hall–Kier alpha value is -3.41. The lowest BCUT2D eigenvalue weighted by atomic mass is 10.2. The minimum absolute atomic E-state index is 0.0991. The summed E-state index contributed by atoms with van der Waals surface area (Å²) in [5.41, 5.74) is 1.58. The molecule has 0 aliphatic rings. The Bertz CT molecular complexity index is 1080. The van der Waals surface area contributed by atoms with Crippen LogP contribution in [-0.4, -0.2) is 24.4 Å². The zero-order valence-electron chi connectivity index (χ0n) is 12.9. The van der Waals surface area contributed by atoms with Crippen LogP contribution < -0.4 is 5.56 Å². The SMILES string of the molecule is Cc1ccc2c(O)c(-n3cccn3)c(=O)n(-c3ccccc3)c2n1. The number of benzene rings is 1. The molecular formula is C18H14N4O2. The van der Waals surface area contributed by atoms with E-state index in [4.69, 9.17) is 0 Å². The van der Waals surface area contributed by atoms with Gasteiger partial charge in [-0.3, -0.25) is 9.36 Å². The number of rotatable bonds is 2. The van der Waals surface area contributed by atoms with Crippen LogP contribution in [0.1, 0.15) is 5.69 Å². The Kier molecular flexibility index (Phi) is 3.16. The topological polar surface area (TPSA) is 72.9 Å². The first kappa shape index (κ1) is 14.2. The molecule has 0 atom stereocenters. The molecule has 0 aliphatic carbocycles. The Balaban J connectivity index is 2.21. The van der Waals surface area contributed by atoms with E-state index in [-0.39, 0.29) is 17.0 Å². The number of para-hydroxylation sites is 1. The van der Waals surface area contributed by atoms with Crippen molar-refractivity contribution >= 4 is 11.0 Å². The van der Waals surface area contributed by atoms with Crippen LogP contribution in [0.2, 0.25) is 0 Å². The van der Waals surface area contributed by atoms with E-state index in [0.29, 0.717) is 16.7 Å². The zero-order valence-corrected chi connectivity index (χ0v) is 12.9. The second-order valence-electron chi connectivity index (χ2n) is 5.45. The lowest BCUT2D eigenvalue weighted by Crippen LogP contribution is -2.24. The quantitative estimate of drug-likeness (QED) is 0.616. The van der Waals surface area contributed by atoms with Gasteiger partial charge >= 0.3 is 0 Å². The van der Waals surface area contributed by atoms with Gasteiger partial charge in [0.25, 0.3) is 5.56 Å². The smallest absolute Gasteiger partial charge is 0.286 e. The van der Waals surface area contributed by atoms with Crippen LogP contribution >= 0.6 is 0 Å². The first-order valence-corrected chi connectivity index (χ1v) is 7.47. The van der Waals surface area contributed by atoms with Gasteiger partial charge in [-0.05, 0) is 37.3 Å². The van der Waals surface area contributed by atoms with Crippen LogP contribution in [0.3, 0.4) is 0 Å². The molecule has 0 unspecified atom stereocenters. The molecule has 0 amide bonds. The van der Waals surface area contributed by atoms with Crippen LogP contribution in [-0.2, 0) is 0 Å². The number of nitrogens with zero attached hydrogens (tertiary/aromatic N) is 4. The predicted molar refractivity (Wildman–Crippen MR) is 90.9 cm³/mol. The van der Waals surface area contributed by atoms with Crippen molar-refractivity contribution in [3.63, 3.8) is 0 Å². The molecule has 118 valence electrons. The molecule has 6 nitrogen and oxygen atoms in total. The van der Waals surface area contributed by atoms with Crippen molar-refractivity contribution in [2.45, 2.75) is 6.92 Å². The molecule has 0 radical (unpaired) electrons. The molecule has 0 aliphatic heterocycles. The van der Waals surface area contributed by atoms with Crippen molar-refractivity contribution in [3.05, 3.63) is 77.0 Å². The molecule has 0 saturated heterocycles. The molecule has 4 rings (SSSR count). The average Bonchev–Trinajstić information content (AvgIpc) is 3.10. The number of pyridine rings is 2. The third-order valence-electron chi connectivity index (χ3n) is 3.86. The molecule has 3 aromatic heterocycles. The number of aromatic hydroxyl groups is 1. The minimum atomic E-state index is -0.381. The third-order valence-corrected chi connectivity index (χ3v) is 3.86. The van der Waals surface area contributed by atoms with Crippen molar-refractivity contribution in [3.8, 4) is 17.1 Å². The molecule has 3 heterocycles. The van der Waals surface area contributed by atoms with Gasteiger partial charge in [0.1, 0.15) is 0 Å². The molecule has 4 aromatic rings. The monoisotopic (exact) mass is 318 g/mol. The summed E-state index contributed by atoms with van der Waals surface area (Å²) in [4.78, 5) is 17.6. The van der Waals surface area contributed by atoms with E-state index in [1.807, 2.05) is 37.3 Å². The van der Waals surface area contributed by atoms with Gasteiger partial charge in [-0.15, -0.1) is 0 Å². The van der Waals surface area contributed by atoms with Gasteiger partial charge in [-0.25, -0.2) is 9.67 Å². The van der Waals surface area contributed by atoms with E-state index >= 15 is 0 Å². The standard InChI is InChI=1S/C18H14N4O2/c1-12-8-9-14-16(23)15(21-11-5-10-19-21)18(24)22(17(14)20-12)13-6-3-2-4-7-13/h2-11,23H,1H3. The van der Waals surface area contributed by atoms with Gasteiger partial charge in [-0.2, -0.15) is 5.10 Å². The molecule has 1 N–H and O–H groups in total. The van der Waals surface area contributed by atoms with Crippen LogP contribution in [0.15, 0.2) is 65.7 Å². The number of hydrogen-bond donors (Lipinski definition) is 1. The molecule has 0 saturated carbocycles. The summed E-state index contributed by atoms with van der Waals surface area (Å²) in [5.74, 6) is -0.126. The van der Waals surface area contributed by atoms with E-state index in [1.165, 1.54) is 9.25 Å². The molecular weight excluding hydrogens is 304 g/mol. The van der Waals surface area contributed by atoms with E-state index in [2.05, 4.69) is 10.1 Å². The van der Waals surface area contributed by atoms with E-state index in [9.17, 15) is 9.90 Å². The maximum absolute atomic E-state index is 13.1. The van der Waals surface area contributed by atoms with Crippen molar-refractivity contribution in [2.75, 3.05) is 0 Å². The second-order valence-corrected chi connectivity index (χ2v) is 5.45. The molecule has 24 heavy (non-hydrogen) atoms. The van der Waals surface area contributed by atoms with E-state index < -0.39 is 0 Å². The van der Waals surface area contributed by atoms with Gasteiger partial charge in [0.05, 0.1) is 11.1 Å². The van der Waals surface area contributed by atoms with Crippen molar-refractivity contribution < 1.29 is 5.11 Å². The van der Waals surface area contributed by atoms with Gasteiger partial charge in [-0.1, -0.05) is 18.2 Å². The highest BCUT2D eigenvalue weighted by atomic mass is 16.3. The summed E-state index contributed by atoms with van der Waals surface area (Å²) in [7, 11) is 0. The van der Waals surface area contributed by atoms with E-state index in [0.717, 1.165) is 5.69 Å². The summed E-state index contributed by atoms with van der Waals surface area (Å²) in [6.45, 7) is 1.84. The number of aryl methyl sites for hydroxylation is 1. The van der Waals surface area contributed by atoms with Gasteiger partial charge < -0.3 is 5.11 Å². The Morgan fingerprint density at radius 1 is 1.04 bits per heavy atom. The summed E-state index contributed by atoms with van der Waals surface area (Å²) >= 11 is 0. The molecule has 6 heteroatoms. The maximum atomic E-state index is 13.1. The van der Waals surface area contributed by atoms with Crippen LogP contribution in [0, 0.1) is 6.92 Å². The zero-order chi connectivity index (χ0) is 16.7. The fraction of sp³-hybridized carbons (Fsp3) is 0.0556. The molecule has 0 fully saturated rings. The van der Waals surface area contributed by atoms with Gasteiger partial charge in [0, 0.05) is 18.1 Å². The fourth-order valence-electron chi connectivity index (χ4n) is 2.75. The molecule has 0 bridgehead atoms. The Labute approximate surface area is 137 Å². The lowest BCUT2D eigenvalue weighted by molar-refractivity contribution is 0.474. The van der Waals surface area contributed by atoms with Gasteiger partial charge in [0.2, 0.25) is 0 Å². The predicted octanol–water partition coefficient (Wildman–Crippen LogP) is 2.59. The first-order chi connectivity index (χ1) is 11.7. The first-order valence-electron chi connectivity index (χ1n) is 7.47. The molecule has 0 spiro atoms. The summed E-state index contributed by atoms with van der Waals surface area (Å²) in [6, 6.07) is 14.5. The Morgan fingerprint density at radius 2 is 1.83 bits per heavy atom. The Morgan fingerprint density at radius 3 is 2.54 bits per heavy atom. The second kappa shape index (κ2) is 5.34. The van der Waals surface area contributed by atoms with Crippen LogP contribution in [0.25, 0.3) is 22.4 Å². The van der Waals surface area contributed by atoms with Gasteiger partial charge in [0.15, 0.2) is 17.1 Å². The highest BCUT2D eigenvalue weighted by molar-refractivity contribution is 5.87. The maximum Gasteiger partial charge on any atom is 0.286 e. The number of hydrogen-bond acceptors (Lipinski definition) is 4. The summed E-state index contributed by atoms with van der Waals surface area (Å²) < 4.78 is 2.87. The lowest BCUT2D eigenvalue weighted by Gasteiger charge is -2.14. The fourth-order valence-corrected chi connectivity index (χ4v) is 2.75. The third kappa shape index (κ3) is 2.08. The van der Waals surface area contributed by atoms with E-state index in [1.54, 1.807) is 30.6 Å². The largest absolute Gasteiger partial charge is 0.505 e. The number of fused-ring (bicyclic) bond motifs is 1. The summed E-state index contributed by atoms with van der Waals surface area (Å²) in [6.07, 6.45) is 3.18.